The van der Waals surface area contributed by atoms with Gasteiger partial charge in [-0.15, -0.1) is 0 Å². The third-order valence-electron chi connectivity index (χ3n) is 8.81. The fourth-order valence-corrected chi connectivity index (χ4v) is 7.13. The second kappa shape index (κ2) is 7.93. The normalized spacial score (nSPS) is 14.4. The van der Waals surface area contributed by atoms with Crippen LogP contribution < -0.4 is 0 Å². The molecule has 0 amide bonds. The Hall–Kier alpha value is -5.15. The maximum atomic E-state index is 5.13. The van der Waals surface area contributed by atoms with Crippen molar-refractivity contribution >= 4 is 43.6 Å². The lowest BCUT2D eigenvalue weighted by molar-refractivity contribution is 0.869. The Morgan fingerprint density at radius 1 is 0.550 bits per heavy atom. The van der Waals surface area contributed by atoms with Gasteiger partial charge in [-0.25, -0.2) is 4.98 Å². The van der Waals surface area contributed by atoms with E-state index in [4.69, 9.17) is 4.98 Å². The van der Waals surface area contributed by atoms with E-state index in [1.807, 2.05) is 0 Å². The van der Waals surface area contributed by atoms with Crippen molar-refractivity contribution < 1.29 is 0 Å². The van der Waals surface area contributed by atoms with Crippen LogP contribution in [0.2, 0.25) is 0 Å². The summed E-state index contributed by atoms with van der Waals surface area (Å²) in [6.45, 7) is 0. The van der Waals surface area contributed by atoms with Gasteiger partial charge in [-0.3, -0.25) is 4.57 Å². The molecule has 0 spiro atoms. The van der Waals surface area contributed by atoms with Gasteiger partial charge in [0, 0.05) is 23.7 Å². The molecule has 3 nitrogen and oxygen atoms in total. The number of aromatic nitrogens is 3. The van der Waals surface area contributed by atoms with Crippen molar-refractivity contribution in [3.63, 3.8) is 0 Å². The van der Waals surface area contributed by atoms with Crippen LogP contribution in [0.15, 0.2) is 127 Å². The Morgan fingerprint density at radius 3 is 2.08 bits per heavy atom. The predicted molar refractivity (Wildman–Crippen MR) is 165 cm³/mol. The van der Waals surface area contributed by atoms with E-state index < -0.39 is 0 Å². The molecule has 6 aromatic carbocycles. The summed E-state index contributed by atoms with van der Waals surface area (Å²) in [5.41, 5.74) is 11.3. The second-order valence-electron chi connectivity index (χ2n) is 10.8. The number of benzene rings is 6. The third kappa shape index (κ3) is 2.76. The minimum absolute atomic E-state index is 0.140. The summed E-state index contributed by atoms with van der Waals surface area (Å²) in [5, 5.41) is 5.19. The molecular formula is C37H25N3. The van der Waals surface area contributed by atoms with Crippen LogP contribution in [0.3, 0.4) is 0 Å². The van der Waals surface area contributed by atoms with Gasteiger partial charge in [-0.2, -0.15) is 0 Å². The van der Waals surface area contributed by atoms with Crippen molar-refractivity contribution in [1.29, 1.82) is 0 Å². The van der Waals surface area contributed by atoms with E-state index >= 15 is 0 Å². The molecule has 2 heterocycles. The fraction of sp³-hybridized carbons (Fsp3) is 0.0541. The minimum atomic E-state index is 0.140. The van der Waals surface area contributed by atoms with Crippen LogP contribution in [-0.4, -0.2) is 14.1 Å². The van der Waals surface area contributed by atoms with Gasteiger partial charge in [-0.1, -0.05) is 103 Å². The van der Waals surface area contributed by atoms with Crippen LogP contribution >= 0.6 is 0 Å². The standard InChI is InChI=1S/C37H25N3/c1-39-31-18-10-8-16-29(31)38-37(39)40-30-17-9-7-15-28(30)35-32(40)22-21-27-26-20-19-23-11-5-6-14-25(23)34(26)33(36(27)35)24-12-3-2-4-13-24/h2-22,33H,1H3. The summed E-state index contributed by atoms with van der Waals surface area (Å²) < 4.78 is 4.57. The molecule has 9 rings (SSSR count). The second-order valence-corrected chi connectivity index (χ2v) is 10.8. The highest BCUT2D eigenvalue weighted by molar-refractivity contribution is 6.15. The Kier molecular flexibility index (Phi) is 4.31. The fourth-order valence-electron chi connectivity index (χ4n) is 7.13. The summed E-state index contributed by atoms with van der Waals surface area (Å²) in [5.74, 6) is 1.07. The number of rotatable bonds is 2. The number of fused-ring (bicyclic) bond motifs is 10. The Labute approximate surface area is 231 Å². The minimum Gasteiger partial charge on any atom is -0.313 e. The molecule has 0 bridgehead atoms. The lowest BCUT2D eigenvalue weighted by atomic mass is 9.85. The molecule has 0 saturated heterocycles. The number of hydrogen-bond donors (Lipinski definition) is 0. The SMILES string of the molecule is Cn1c(-n2c3ccccc3c3c4c(ccc32)-c2ccc3ccccc3c2C4c2ccccc2)nc2ccccc21. The van der Waals surface area contributed by atoms with Crippen molar-refractivity contribution in [2.75, 3.05) is 0 Å². The molecule has 0 saturated carbocycles. The van der Waals surface area contributed by atoms with Crippen LogP contribution in [0.5, 0.6) is 0 Å². The molecule has 2 aromatic heterocycles. The van der Waals surface area contributed by atoms with Crippen molar-refractivity contribution in [3.05, 3.63) is 144 Å². The number of imidazole rings is 1. The average Bonchev–Trinajstić information content (AvgIpc) is 3.65. The number of hydrogen-bond acceptors (Lipinski definition) is 1. The molecule has 0 fully saturated rings. The average molecular weight is 512 g/mol. The van der Waals surface area contributed by atoms with Gasteiger partial charge in [0.25, 0.3) is 0 Å². The van der Waals surface area contributed by atoms with E-state index in [1.54, 1.807) is 0 Å². The Morgan fingerprint density at radius 2 is 1.23 bits per heavy atom. The molecule has 1 atom stereocenters. The zero-order valence-electron chi connectivity index (χ0n) is 22.0. The van der Waals surface area contributed by atoms with E-state index in [-0.39, 0.29) is 5.92 Å². The first-order valence-electron chi connectivity index (χ1n) is 13.8. The number of para-hydroxylation sites is 3. The highest BCUT2D eigenvalue weighted by Gasteiger charge is 2.35. The Bertz CT molecular complexity index is 2280. The summed E-state index contributed by atoms with van der Waals surface area (Å²) >= 11 is 0. The highest BCUT2D eigenvalue weighted by atomic mass is 15.2. The smallest absolute Gasteiger partial charge is 0.215 e. The topological polar surface area (TPSA) is 22.8 Å². The lowest BCUT2D eigenvalue weighted by Gasteiger charge is -2.17. The maximum Gasteiger partial charge on any atom is 0.215 e. The highest BCUT2D eigenvalue weighted by Crippen LogP contribution is 2.54. The first kappa shape index (κ1) is 21.7. The first-order valence-corrected chi connectivity index (χ1v) is 13.8. The molecule has 40 heavy (non-hydrogen) atoms. The summed E-state index contributed by atoms with van der Waals surface area (Å²) in [4.78, 5) is 5.13. The van der Waals surface area contributed by atoms with Crippen molar-refractivity contribution in [3.8, 4) is 17.1 Å². The molecule has 1 unspecified atom stereocenters. The summed E-state index contributed by atoms with van der Waals surface area (Å²) in [6.07, 6.45) is 0. The largest absolute Gasteiger partial charge is 0.313 e. The van der Waals surface area contributed by atoms with Crippen LogP contribution in [0.4, 0.5) is 0 Å². The zero-order chi connectivity index (χ0) is 26.4. The molecule has 8 aromatic rings. The quantitative estimate of drug-likeness (QED) is 0.227. The van der Waals surface area contributed by atoms with Crippen molar-refractivity contribution in [1.82, 2.24) is 14.1 Å². The number of aryl methyl sites for hydroxylation is 1. The van der Waals surface area contributed by atoms with Gasteiger partial charge >= 0.3 is 0 Å². The first-order chi connectivity index (χ1) is 19.8. The molecule has 1 aliphatic carbocycles. The van der Waals surface area contributed by atoms with Gasteiger partial charge in [0.2, 0.25) is 5.95 Å². The summed E-state index contributed by atoms with van der Waals surface area (Å²) in [6, 6.07) is 46.3. The van der Waals surface area contributed by atoms with Crippen LogP contribution in [-0.2, 0) is 7.05 Å². The summed E-state index contributed by atoms with van der Waals surface area (Å²) in [7, 11) is 2.12. The Balaban J connectivity index is 1.45. The molecule has 0 aliphatic heterocycles. The van der Waals surface area contributed by atoms with E-state index in [0.29, 0.717) is 0 Å². The van der Waals surface area contributed by atoms with Gasteiger partial charge in [-0.05, 0) is 62.9 Å². The van der Waals surface area contributed by atoms with Crippen molar-refractivity contribution in [2.24, 2.45) is 7.05 Å². The van der Waals surface area contributed by atoms with Gasteiger partial charge < -0.3 is 4.57 Å². The van der Waals surface area contributed by atoms with Crippen LogP contribution in [0.1, 0.15) is 22.6 Å². The van der Waals surface area contributed by atoms with Gasteiger partial charge in [0.1, 0.15) is 0 Å². The van der Waals surface area contributed by atoms with Crippen LogP contribution in [0.25, 0.3) is 60.7 Å². The molecule has 3 heteroatoms. The van der Waals surface area contributed by atoms with E-state index in [0.717, 1.165) is 17.0 Å². The van der Waals surface area contributed by atoms with Crippen LogP contribution in [0, 0.1) is 0 Å². The van der Waals surface area contributed by atoms with E-state index in [2.05, 4.69) is 144 Å². The van der Waals surface area contributed by atoms with Gasteiger partial charge in [0.05, 0.1) is 22.1 Å². The molecule has 0 radical (unpaired) electrons. The monoisotopic (exact) mass is 511 g/mol. The third-order valence-corrected chi connectivity index (χ3v) is 8.81. The van der Waals surface area contributed by atoms with E-state index in [9.17, 15) is 0 Å². The number of nitrogens with zero attached hydrogens (tertiary/aromatic N) is 3. The van der Waals surface area contributed by atoms with Crippen molar-refractivity contribution in [2.45, 2.75) is 5.92 Å². The molecule has 188 valence electrons. The molecular weight excluding hydrogens is 486 g/mol. The van der Waals surface area contributed by atoms with Gasteiger partial charge in [0.15, 0.2) is 0 Å². The molecule has 0 N–H and O–H groups in total. The lowest BCUT2D eigenvalue weighted by Crippen LogP contribution is -2.03. The molecule has 1 aliphatic rings. The predicted octanol–water partition coefficient (Wildman–Crippen LogP) is 8.98. The maximum absolute atomic E-state index is 5.13. The van der Waals surface area contributed by atoms with E-state index in [1.165, 1.54) is 60.4 Å². The zero-order valence-corrected chi connectivity index (χ0v) is 22.0.